The molecule has 0 aliphatic rings. The van der Waals surface area contributed by atoms with Crippen LogP contribution in [0.15, 0.2) is 171 Å². The fourth-order valence-corrected chi connectivity index (χ4v) is 9.35. The Hall–Kier alpha value is -11.2. The summed E-state index contributed by atoms with van der Waals surface area (Å²) in [6.45, 7) is 6.82. The van der Waals surface area contributed by atoms with Crippen molar-refractivity contribution in [2.24, 2.45) is 0 Å². The van der Waals surface area contributed by atoms with Gasteiger partial charge in [0.1, 0.15) is 23.1 Å². The summed E-state index contributed by atoms with van der Waals surface area (Å²) in [6, 6.07) is 40.2. The van der Waals surface area contributed by atoms with E-state index in [-0.39, 0.29) is 43.8 Å². The van der Waals surface area contributed by atoms with Gasteiger partial charge in [-0.3, -0.25) is 29.4 Å². The van der Waals surface area contributed by atoms with Gasteiger partial charge in [0.15, 0.2) is 0 Å². The van der Waals surface area contributed by atoms with Gasteiger partial charge in [-0.1, -0.05) is 72.3 Å². The highest BCUT2D eigenvalue weighted by Gasteiger charge is 2.19. The minimum Gasteiger partial charge on any atom is -0.497 e. The van der Waals surface area contributed by atoms with Crippen molar-refractivity contribution in [3.63, 3.8) is 0 Å². The second-order valence-electron chi connectivity index (χ2n) is 20.5. The zero-order chi connectivity index (χ0) is 63.9. The molecule has 4 N–H and O–H groups in total. The van der Waals surface area contributed by atoms with Gasteiger partial charge in [0, 0.05) is 37.3 Å². The Morgan fingerprint density at radius 3 is 1.38 bits per heavy atom. The molecule has 0 spiro atoms. The molecule has 0 aliphatic carbocycles. The predicted molar refractivity (Wildman–Crippen MR) is 331 cm³/mol. The molecule has 23 nitrogen and oxygen atoms in total. The van der Waals surface area contributed by atoms with Crippen molar-refractivity contribution in [1.29, 1.82) is 0 Å². The highest BCUT2D eigenvalue weighted by Crippen LogP contribution is 2.23. The van der Waals surface area contributed by atoms with Gasteiger partial charge in [-0.2, -0.15) is 14.4 Å². The van der Waals surface area contributed by atoms with Gasteiger partial charge in [0.25, 0.3) is 5.69 Å². The number of nitrogens with one attached hydrogen (secondary N) is 2. The number of imidazole rings is 1. The molecule has 89 heavy (non-hydrogen) atoms. The van der Waals surface area contributed by atoms with E-state index >= 15 is 0 Å². The fraction of sp³-hybridized carbons (Fsp3) is 0.222. The SMILES string of the molecule is COc1ccc(Cn2c(NCCCc3cc(C)ccc3[N+](=O)[O-])nc(=O)n(Cc3ccc(F)cc3)c2=O)cc1.COc1ccc(Cn2c(NCCn3c(N)nc4ccc(C)cc43)nc(=O)n(Cc3ccc(F)cc3)c2=O)cc1.Cc1ccc([N+](=O)[O-])c(F)c1. The first-order valence-corrected chi connectivity index (χ1v) is 27.7. The number of hydrogen-bond donors (Lipinski definition) is 3. The number of rotatable bonds is 21. The number of nitrogens with two attached hydrogens (primary N) is 1. The Labute approximate surface area is 506 Å². The first-order valence-electron chi connectivity index (χ1n) is 27.7. The number of aromatic nitrogens is 8. The summed E-state index contributed by atoms with van der Waals surface area (Å²) in [5.41, 5.74) is 10.9. The Bertz CT molecular complexity index is 4400. The summed E-state index contributed by atoms with van der Waals surface area (Å²) in [5, 5.41) is 27.7. The van der Waals surface area contributed by atoms with E-state index in [0.717, 1.165) is 54.6 Å². The first kappa shape index (κ1) is 63.8. The van der Waals surface area contributed by atoms with Gasteiger partial charge in [0.05, 0.1) is 61.3 Å². The van der Waals surface area contributed by atoms with Crippen molar-refractivity contribution in [3.05, 3.63) is 276 Å². The minimum absolute atomic E-state index is 0.0370. The Morgan fingerprint density at radius 1 is 0.506 bits per heavy atom. The maximum Gasteiger partial charge on any atom is 0.355 e. The fourth-order valence-electron chi connectivity index (χ4n) is 9.35. The van der Waals surface area contributed by atoms with Crippen molar-refractivity contribution in [2.45, 2.75) is 66.3 Å². The van der Waals surface area contributed by atoms with Crippen LogP contribution in [0.5, 0.6) is 11.5 Å². The zero-order valence-corrected chi connectivity index (χ0v) is 49.1. The Morgan fingerprint density at radius 2 is 0.921 bits per heavy atom. The third-order valence-electron chi connectivity index (χ3n) is 14.0. The Kier molecular flexibility index (Phi) is 21.0. The summed E-state index contributed by atoms with van der Waals surface area (Å²) in [5.74, 6) is 0.341. The molecule has 10 aromatic rings. The molecule has 0 aliphatic heterocycles. The van der Waals surface area contributed by atoms with E-state index in [9.17, 15) is 52.6 Å². The highest BCUT2D eigenvalue weighted by molar-refractivity contribution is 5.79. The van der Waals surface area contributed by atoms with Gasteiger partial charge in [-0.25, -0.2) is 42.1 Å². The third-order valence-corrected chi connectivity index (χ3v) is 14.0. The summed E-state index contributed by atoms with van der Waals surface area (Å²) >= 11 is 0. The van der Waals surface area contributed by atoms with Crippen LogP contribution in [0.2, 0.25) is 0 Å². The lowest BCUT2D eigenvalue weighted by Gasteiger charge is -2.16. The number of methoxy groups -OCH3 is 2. The molecule has 10 rings (SSSR count). The minimum atomic E-state index is -0.782. The van der Waals surface area contributed by atoms with Crippen LogP contribution >= 0.6 is 0 Å². The topological polar surface area (TPSA) is 286 Å². The molecule has 0 atom stereocenters. The average molecular weight is 1220 g/mol. The average Bonchev–Trinajstić information content (AvgIpc) is 2.42. The van der Waals surface area contributed by atoms with Crippen molar-refractivity contribution in [1.82, 2.24) is 37.8 Å². The number of ether oxygens (including phenoxy) is 2. The van der Waals surface area contributed by atoms with Crippen molar-refractivity contribution in [3.8, 4) is 11.5 Å². The van der Waals surface area contributed by atoms with Crippen LogP contribution in [0.25, 0.3) is 11.0 Å². The lowest BCUT2D eigenvalue weighted by atomic mass is 10.0. The molecule has 0 unspecified atom stereocenters. The number of fused-ring (bicyclic) bond motifs is 1. The number of nitro benzene ring substituents is 2. The van der Waals surface area contributed by atoms with E-state index in [1.54, 1.807) is 69.7 Å². The van der Waals surface area contributed by atoms with Crippen LogP contribution in [0.4, 0.5) is 42.4 Å². The maximum atomic E-state index is 13.6. The molecule has 460 valence electrons. The molecule has 0 radical (unpaired) electrons. The molecule has 3 aromatic heterocycles. The van der Waals surface area contributed by atoms with E-state index in [0.29, 0.717) is 72.2 Å². The third kappa shape index (κ3) is 16.6. The zero-order valence-electron chi connectivity index (χ0n) is 49.1. The largest absolute Gasteiger partial charge is 0.497 e. The standard InChI is InChI=1S/C28H28FN7O3.C28H28FN5O5.C7H6FNO2/c1-18-3-12-23-24(15-18)34(25(30)32-23)14-13-31-26-33-27(37)36(17-19-4-8-21(29)9-5-19)28(38)35(26)16-20-6-10-22(39-2)11-7-20;1-19-5-14-25(34(37)38)22(16-19)4-3-15-30-26-31-27(35)33(18-20-6-10-23(29)11-7-20)28(36)32(26)17-21-8-12-24(39-2)13-9-21;1-5-2-3-7(9(10)11)6(8)4-5/h3-12,15H,13-14,16-17H2,1-2H3,(H2,30,32)(H,31,33,37);5-14,16H,3-4,15,17-18H2,1-2H3,(H,30,31,35);2-4H,1H3. The number of nitrogen functional groups attached to an aromatic ring is 1. The van der Waals surface area contributed by atoms with E-state index in [4.69, 9.17) is 15.2 Å². The molecule has 3 heterocycles. The van der Waals surface area contributed by atoms with Gasteiger partial charge in [-0.15, -0.1) is 0 Å². The summed E-state index contributed by atoms with van der Waals surface area (Å²) < 4.78 is 56.5. The van der Waals surface area contributed by atoms with Crippen LogP contribution in [0, 0.1) is 58.5 Å². The Balaban J connectivity index is 0.000000196. The van der Waals surface area contributed by atoms with E-state index in [1.807, 2.05) is 48.7 Å². The predicted octanol–water partition coefficient (Wildman–Crippen LogP) is 8.95. The second-order valence-corrected chi connectivity index (χ2v) is 20.5. The molecular weight excluding hydrogens is 1160 g/mol. The smallest absolute Gasteiger partial charge is 0.355 e. The number of anilines is 3. The van der Waals surface area contributed by atoms with Crippen molar-refractivity contribution in [2.75, 3.05) is 43.7 Å². The quantitative estimate of drug-likeness (QED) is 0.0344. The number of halogens is 3. The van der Waals surface area contributed by atoms with E-state index in [2.05, 4.69) is 25.6 Å². The maximum absolute atomic E-state index is 13.6. The van der Waals surface area contributed by atoms with Crippen LogP contribution in [0.3, 0.4) is 0 Å². The van der Waals surface area contributed by atoms with Gasteiger partial charge in [-0.05, 0) is 140 Å². The number of nitro groups is 2. The molecule has 0 saturated heterocycles. The molecule has 0 amide bonds. The molecule has 0 fully saturated rings. The van der Waals surface area contributed by atoms with Gasteiger partial charge >= 0.3 is 28.4 Å². The molecule has 0 bridgehead atoms. The second kappa shape index (κ2) is 29.3. The van der Waals surface area contributed by atoms with Gasteiger partial charge < -0.3 is 30.4 Å². The number of benzene rings is 7. The molecule has 0 saturated carbocycles. The van der Waals surface area contributed by atoms with Crippen molar-refractivity contribution < 1.29 is 32.5 Å². The highest BCUT2D eigenvalue weighted by atomic mass is 19.1. The van der Waals surface area contributed by atoms with E-state index in [1.165, 1.54) is 69.8 Å². The van der Waals surface area contributed by atoms with Crippen LogP contribution in [0.1, 0.15) is 50.9 Å². The van der Waals surface area contributed by atoms with Crippen LogP contribution in [-0.2, 0) is 39.1 Å². The number of nitrogens with zero attached hydrogens (tertiary/aromatic N) is 10. The van der Waals surface area contributed by atoms with Gasteiger partial charge in [0.2, 0.25) is 23.7 Å². The van der Waals surface area contributed by atoms with Crippen molar-refractivity contribution >= 4 is 40.3 Å². The lowest BCUT2D eigenvalue weighted by molar-refractivity contribution is -0.387. The molecule has 26 heteroatoms. The van der Waals surface area contributed by atoms with Crippen LogP contribution < -0.4 is 48.6 Å². The molecule has 7 aromatic carbocycles. The summed E-state index contributed by atoms with van der Waals surface area (Å²) in [6.07, 6.45) is 0.927. The lowest BCUT2D eigenvalue weighted by Crippen LogP contribution is -2.43. The number of aryl methyl sites for hydroxylation is 4. The summed E-state index contributed by atoms with van der Waals surface area (Å²) in [4.78, 5) is 86.0. The molecular formula is C63H62F3N13O10. The number of hydrogen-bond acceptors (Lipinski definition) is 16. The van der Waals surface area contributed by atoms with Crippen LogP contribution in [-0.4, -0.2) is 74.9 Å². The monoisotopic (exact) mass is 1220 g/mol. The first-order chi connectivity index (χ1) is 42.7. The normalized spacial score (nSPS) is 10.8. The summed E-state index contributed by atoms with van der Waals surface area (Å²) in [7, 11) is 3.14. The van der Waals surface area contributed by atoms with E-state index < -0.39 is 55.7 Å².